The molecule has 0 saturated carbocycles. The first-order chi connectivity index (χ1) is 11.5. The van der Waals surface area contributed by atoms with E-state index in [1.54, 1.807) is 0 Å². The molecule has 1 amide bonds. The number of likely N-dealkylation sites (tertiary alicyclic amines) is 1. The van der Waals surface area contributed by atoms with E-state index in [4.69, 9.17) is 4.74 Å². The second kappa shape index (κ2) is 7.46. The van der Waals surface area contributed by atoms with E-state index >= 15 is 0 Å². The van der Waals surface area contributed by atoms with Crippen molar-refractivity contribution in [3.63, 3.8) is 0 Å². The van der Waals surface area contributed by atoms with Gasteiger partial charge in [0.05, 0.1) is 6.54 Å². The second-order valence-corrected chi connectivity index (χ2v) is 7.32. The van der Waals surface area contributed by atoms with E-state index < -0.39 is 0 Å². The van der Waals surface area contributed by atoms with Crippen LogP contribution in [0.5, 0.6) is 6.01 Å². The maximum atomic E-state index is 12.7. The fraction of sp³-hybridized carbons (Fsp3) is 0.389. The summed E-state index contributed by atoms with van der Waals surface area (Å²) in [5.74, 6) is 0.0565. The highest BCUT2D eigenvalue weighted by molar-refractivity contribution is 14.1. The van der Waals surface area contributed by atoms with Crippen LogP contribution in [0, 0.1) is 17.4 Å². The van der Waals surface area contributed by atoms with Gasteiger partial charge in [0, 0.05) is 27.1 Å². The number of halogens is 1. The summed E-state index contributed by atoms with van der Waals surface area (Å²) < 4.78 is 7.06. The zero-order valence-corrected chi connectivity index (χ0v) is 16.0. The van der Waals surface area contributed by atoms with Crippen molar-refractivity contribution in [2.45, 2.75) is 32.8 Å². The average molecular weight is 437 g/mol. The Kier molecular flexibility index (Phi) is 5.33. The smallest absolute Gasteiger partial charge is 0.317 e. The first-order valence-electron chi connectivity index (χ1n) is 8.05. The maximum absolute atomic E-state index is 12.7. The summed E-state index contributed by atoms with van der Waals surface area (Å²) >= 11 is 2.24. The normalized spacial score (nSPS) is 17.6. The van der Waals surface area contributed by atoms with E-state index in [1.807, 2.05) is 49.1 Å². The predicted molar refractivity (Wildman–Crippen MR) is 100 cm³/mol. The topological polar surface area (TPSA) is 55.3 Å². The number of rotatable bonds is 3. The summed E-state index contributed by atoms with van der Waals surface area (Å²) in [5, 5.41) is 0. The number of carbonyl (C=O) groups excluding carboxylic acids is 1. The van der Waals surface area contributed by atoms with Crippen LogP contribution in [0.15, 0.2) is 30.3 Å². The molecule has 6 heteroatoms. The van der Waals surface area contributed by atoms with Gasteiger partial charge in [-0.2, -0.15) is 0 Å². The molecule has 2 aromatic rings. The van der Waals surface area contributed by atoms with E-state index in [0.29, 0.717) is 12.6 Å². The summed E-state index contributed by atoms with van der Waals surface area (Å²) in [6.07, 6.45) is 1.77. The number of hydrogen-bond donors (Lipinski definition) is 0. The van der Waals surface area contributed by atoms with Crippen molar-refractivity contribution in [1.29, 1.82) is 0 Å². The van der Waals surface area contributed by atoms with Crippen LogP contribution in [0.2, 0.25) is 0 Å². The molecule has 2 heterocycles. The molecule has 3 rings (SSSR count). The Morgan fingerprint density at radius 1 is 1.21 bits per heavy atom. The number of nitrogens with zero attached hydrogens (tertiary/aromatic N) is 3. The van der Waals surface area contributed by atoms with Gasteiger partial charge in [0.2, 0.25) is 0 Å². The molecule has 1 unspecified atom stereocenters. The minimum atomic E-state index is -0.0623. The van der Waals surface area contributed by atoms with Crippen molar-refractivity contribution in [2.75, 3.05) is 13.1 Å². The first kappa shape index (κ1) is 17.1. The lowest BCUT2D eigenvalue weighted by atomic mass is 10.1. The van der Waals surface area contributed by atoms with E-state index in [-0.39, 0.29) is 12.0 Å². The molecule has 24 heavy (non-hydrogen) atoms. The standard InChI is InChI=1S/C18H20IN3O2/c1-12-10-13(2)21-18(20-12)24-16-4-3-9-22(11-16)17(23)14-5-7-15(19)8-6-14/h5-8,10,16H,3-4,9,11H2,1-2H3. The fourth-order valence-electron chi connectivity index (χ4n) is 2.89. The first-order valence-corrected chi connectivity index (χ1v) is 9.13. The van der Waals surface area contributed by atoms with E-state index in [9.17, 15) is 4.79 Å². The van der Waals surface area contributed by atoms with Crippen LogP contribution in [0.4, 0.5) is 0 Å². The zero-order valence-electron chi connectivity index (χ0n) is 13.8. The molecule has 1 aliphatic rings. The number of carbonyl (C=O) groups is 1. The lowest BCUT2D eigenvalue weighted by Gasteiger charge is -2.32. The SMILES string of the molecule is Cc1cc(C)nc(OC2CCCN(C(=O)c3ccc(I)cc3)C2)n1. The molecule has 0 bridgehead atoms. The molecule has 126 valence electrons. The van der Waals surface area contributed by atoms with Crippen LogP contribution in [0.25, 0.3) is 0 Å². The molecule has 1 aromatic carbocycles. The van der Waals surface area contributed by atoms with Crippen LogP contribution < -0.4 is 4.74 Å². The highest BCUT2D eigenvalue weighted by Crippen LogP contribution is 2.18. The summed E-state index contributed by atoms with van der Waals surface area (Å²) in [4.78, 5) is 23.2. The van der Waals surface area contributed by atoms with Crippen molar-refractivity contribution in [1.82, 2.24) is 14.9 Å². The monoisotopic (exact) mass is 437 g/mol. The van der Waals surface area contributed by atoms with Gasteiger partial charge in [0.15, 0.2) is 0 Å². The molecule has 0 radical (unpaired) electrons. The highest BCUT2D eigenvalue weighted by atomic mass is 127. The molecule has 1 aromatic heterocycles. The Morgan fingerprint density at radius 3 is 2.54 bits per heavy atom. The van der Waals surface area contributed by atoms with Crippen molar-refractivity contribution in [2.24, 2.45) is 0 Å². The van der Waals surface area contributed by atoms with Crippen LogP contribution in [0.3, 0.4) is 0 Å². The van der Waals surface area contributed by atoms with E-state index in [1.165, 1.54) is 0 Å². The van der Waals surface area contributed by atoms with Gasteiger partial charge in [0.25, 0.3) is 5.91 Å². The number of hydrogen-bond acceptors (Lipinski definition) is 4. The maximum Gasteiger partial charge on any atom is 0.317 e. The van der Waals surface area contributed by atoms with Gasteiger partial charge in [-0.25, -0.2) is 9.97 Å². The predicted octanol–water partition coefficient (Wildman–Crippen LogP) is 3.38. The molecule has 1 saturated heterocycles. The van der Waals surface area contributed by atoms with Crippen molar-refractivity contribution < 1.29 is 9.53 Å². The molecule has 5 nitrogen and oxygen atoms in total. The quantitative estimate of drug-likeness (QED) is 0.692. The lowest BCUT2D eigenvalue weighted by molar-refractivity contribution is 0.0515. The van der Waals surface area contributed by atoms with Crippen molar-refractivity contribution in [3.8, 4) is 6.01 Å². The average Bonchev–Trinajstić information content (AvgIpc) is 2.54. The molecule has 1 atom stereocenters. The Morgan fingerprint density at radius 2 is 1.88 bits per heavy atom. The number of aromatic nitrogens is 2. The van der Waals surface area contributed by atoms with Crippen LogP contribution in [0.1, 0.15) is 34.6 Å². The molecule has 0 aliphatic carbocycles. The Hall–Kier alpha value is -1.70. The van der Waals surface area contributed by atoms with Crippen LogP contribution >= 0.6 is 22.6 Å². The third-order valence-electron chi connectivity index (χ3n) is 3.99. The number of ether oxygens (including phenoxy) is 1. The van der Waals surface area contributed by atoms with E-state index in [0.717, 1.165) is 39.9 Å². The number of aryl methyl sites for hydroxylation is 2. The Labute approximate surface area is 155 Å². The summed E-state index contributed by atoms with van der Waals surface area (Å²) in [7, 11) is 0. The van der Waals surface area contributed by atoms with Gasteiger partial charge in [0.1, 0.15) is 6.10 Å². The van der Waals surface area contributed by atoms with Gasteiger partial charge in [-0.1, -0.05) is 0 Å². The third-order valence-corrected chi connectivity index (χ3v) is 4.71. The van der Waals surface area contributed by atoms with Crippen molar-refractivity contribution in [3.05, 3.63) is 50.9 Å². The highest BCUT2D eigenvalue weighted by Gasteiger charge is 2.26. The second-order valence-electron chi connectivity index (χ2n) is 6.07. The number of amides is 1. The minimum absolute atomic E-state index is 0.0565. The molecule has 0 spiro atoms. The largest absolute Gasteiger partial charge is 0.458 e. The third kappa shape index (κ3) is 4.23. The fourth-order valence-corrected chi connectivity index (χ4v) is 3.25. The minimum Gasteiger partial charge on any atom is -0.458 e. The Bertz CT molecular complexity index is 713. The van der Waals surface area contributed by atoms with Crippen LogP contribution in [-0.4, -0.2) is 40.0 Å². The van der Waals surface area contributed by atoms with Crippen LogP contribution in [-0.2, 0) is 0 Å². The summed E-state index contributed by atoms with van der Waals surface area (Å²) in [5.41, 5.74) is 2.50. The van der Waals surface area contributed by atoms with Crippen molar-refractivity contribution >= 4 is 28.5 Å². The Balaban J connectivity index is 1.67. The lowest BCUT2D eigenvalue weighted by Crippen LogP contribution is -2.44. The van der Waals surface area contributed by atoms with E-state index in [2.05, 4.69) is 32.6 Å². The van der Waals surface area contributed by atoms with Gasteiger partial charge in [-0.05, 0) is 79.6 Å². The summed E-state index contributed by atoms with van der Waals surface area (Å²) in [6, 6.07) is 9.98. The zero-order chi connectivity index (χ0) is 17.1. The molecule has 1 fully saturated rings. The van der Waals surface area contributed by atoms with Gasteiger partial charge >= 0.3 is 6.01 Å². The van der Waals surface area contributed by atoms with Gasteiger partial charge in [-0.15, -0.1) is 0 Å². The molecule has 1 aliphatic heterocycles. The van der Waals surface area contributed by atoms with Gasteiger partial charge < -0.3 is 9.64 Å². The van der Waals surface area contributed by atoms with Gasteiger partial charge in [-0.3, -0.25) is 4.79 Å². The molecular formula is C18H20IN3O2. The molecule has 0 N–H and O–H groups in total. The molecular weight excluding hydrogens is 417 g/mol. The number of benzene rings is 1. The summed E-state index contributed by atoms with van der Waals surface area (Å²) in [6.45, 7) is 5.18. The number of piperidine rings is 1.